The molecular formula is C19H27NO5. The van der Waals surface area contributed by atoms with Crippen LogP contribution in [0.1, 0.15) is 45.4 Å². The summed E-state index contributed by atoms with van der Waals surface area (Å²) in [5.41, 5.74) is 0.474. The number of nitrogens with one attached hydrogen (secondary N) is 1. The highest BCUT2D eigenvalue weighted by Crippen LogP contribution is 2.29. The van der Waals surface area contributed by atoms with Crippen LogP contribution in [0.5, 0.6) is 11.5 Å². The van der Waals surface area contributed by atoms with Crippen molar-refractivity contribution in [1.29, 1.82) is 0 Å². The molecule has 25 heavy (non-hydrogen) atoms. The van der Waals surface area contributed by atoms with Crippen molar-refractivity contribution in [3.63, 3.8) is 0 Å². The van der Waals surface area contributed by atoms with Crippen LogP contribution in [0.25, 0.3) is 0 Å². The highest BCUT2D eigenvalue weighted by molar-refractivity contribution is 5.96. The van der Waals surface area contributed by atoms with Crippen LogP contribution in [-0.4, -0.2) is 32.2 Å². The van der Waals surface area contributed by atoms with Gasteiger partial charge in [0.15, 0.2) is 6.10 Å². The van der Waals surface area contributed by atoms with Crippen LogP contribution in [0.3, 0.4) is 0 Å². The molecule has 0 saturated heterocycles. The lowest BCUT2D eigenvalue weighted by Crippen LogP contribution is -2.30. The Morgan fingerprint density at radius 3 is 2.52 bits per heavy atom. The van der Waals surface area contributed by atoms with Crippen molar-refractivity contribution < 1.29 is 23.8 Å². The second kappa shape index (κ2) is 9.30. The summed E-state index contributed by atoms with van der Waals surface area (Å²) in [6, 6.07) is 5.10. The lowest BCUT2D eigenvalue weighted by molar-refractivity contribution is -0.154. The fourth-order valence-electron chi connectivity index (χ4n) is 3.07. The van der Waals surface area contributed by atoms with Gasteiger partial charge in [-0.25, -0.2) is 0 Å². The number of anilines is 1. The zero-order valence-corrected chi connectivity index (χ0v) is 15.2. The van der Waals surface area contributed by atoms with Crippen LogP contribution in [0, 0.1) is 5.92 Å². The van der Waals surface area contributed by atoms with Gasteiger partial charge in [-0.15, -0.1) is 0 Å². The summed E-state index contributed by atoms with van der Waals surface area (Å²) in [6.45, 7) is 1.57. The average molecular weight is 349 g/mol. The molecule has 1 unspecified atom stereocenters. The molecule has 138 valence electrons. The van der Waals surface area contributed by atoms with E-state index in [4.69, 9.17) is 14.2 Å². The molecular weight excluding hydrogens is 322 g/mol. The number of methoxy groups -OCH3 is 2. The molecule has 1 saturated carbocycles. The Labute approximate surface area is 148 Å². The molecule has 1 aromatic carbocycles. The molecule has 6 heteroatoms. The van der Waals surface area contributed by atoms with E-state index >= 15 is 0 Å². The maximum Gasteiger partial charge on any atom is 0.306 e. The van der Waals surface area contributed by atoms with Gasteiger partial charge in [-0.3, -0.25) is 9.59 Å². The molecule has 1 N–H and O–H groups in total. The Hall–Kier alpha value is -2.24. The van der Waals surface area contributed by atoms with E-state index in [9.17, 15) is 9.59 Å². The van der Waals surface area contributed by atoms with Gasteiger partial charge in [-0.1, -0.05) is 19.3 Å². The molecule has 0 bridgehead atoms. The quantitative estimate of drug-likeness (QED) is 0.762. The van der Waals surface area contributed by atoms with Gasteiger partial charge in [0.05, 0.1) is 19.9 Å². The number of carbonyl (C=O) groups excluding carboxylic acids is 2. The molecule has 6 nitrogen and oxygen atoms in total. The standard InChI is InChI=1S/C19H27NO5/c1-13(25-18(21)11-14-7-5-4-6-8-14)19(22)20-16-12-15(23-2)9-10-17(16)24-3/h9-10,12-14H,4-8,11H2,1-3H3,(H,20,22). The van der Waals surface area contributed by atoms with Crippen LogP contribution in [0.2, 0.25) is 0 Å². The molecule has 1 amide bonds. The number of esters is 1. The van der Waals surface area contributed by atoms with Gasteiger partial charge >= 0.3 is 5.97 Å². The van der Waals surface area contributed by atoms with E-state index in [0.29, 0.717) is 29.5 Å². The monoisotopic (exact) mass is 349 g/mol. The first-order valence-electron chi connectivity index (χ1n) is 8.76. The van der Waals surface area contributed by atoms with Crippen molar-refractivity contribution in [2.24, 2.45) is 5.92 Å². The van der Waals surface area contributed by atoms with Crippen LogP contribution < -0.4 is 14.8 Å². The average Bonchev–Trinajstić information content (AvgIpc) is 2.62. The molecule has 0 aromatic heterocycles. The lowest BCUT2D eigenvalue weighted by Gasteiger charge is -2.21. The number of hydrogen-bond acceptors (Lipinski definition) is 5. The van der Waals surface area contributed by atoms with E-state index in [0.717, 1.165) is 12.8 Å². The molecule has 0 heterocycles. The second-order valence-corrected chi connectivity index (χ2v) is 6.40. The Bertz CT molecular complexity index is 595. The third kappa shape index (κ3) is 5.66. The molecule has 0 radical (unpaired) electrons. The molecule has 0 aliphatic heterocycles. The molecule has 1 aliphatic carbocycles. The van der Waals surface area contributed by atoms with Crippen molar-refractivity contribution in [1.82, 2.24) is 0 Å². The number of benzene rings is 1. The third-order valence-electron chi connectivity index (χ3n) is 4.52. The first-order chi connectivity index (χ1) is 12.0. The Balaban J connectivity index is 1.90. The largest absolute Gasteiger partial charge is 0.497 e. The van der Waals surface area contributed by atoms with Gasteiger partial charge < -0.3 is 19.5 Å². The summed E-state index contributed by atoms with van der Waals surface area (Å²) in [4.78, 5) is 24.4. The zero-order chi connectivity index (χ0) is 18.2. The van der Waals surface area contributed by atoms with Crippen LogP contribution in [-0.2, 0) is 14.3 Å². The number of carbonyl (C=O) groups is 2. The summed E-state index contributed by atoms with van der Waals surface area (Å²) in [6.07, 6.45) is 5.24. The van der Waals surface area contributed by atoms with Crippen LogP contribution >= 0.6 is 0 Å². The second-order valence-electron chi connectivity index (χ2n) is 6.40. The summed E-state index contributed by atoms with van der Waals surface area (Å²) in [5, 5.41) is 2.72. The smallest absolute Gasteiger partial charge is 0.306 e. The van der Waals surface area contributed by atoms with Gasteiger partial charge in [-0.05, 0) is 37.8 Å². The normalized spacial score (nSPS) is 16.0. The third-order valence-corrected chi connectivity index (χ3v) is 4.52. The van der Waals surface area contributed by atoms with Gasteiger partial charge in [0, 0.05) is 12.5 Å². The maximum absolute atomic E-state index is 12.3. The van der Waals surface area contributed by atoms with Crippen molar-refractivity contribution in [3.05, 3.63) is 18.2 Å². The summed E-state index contributed by atoms with van der Waals surface area (Å²) >= 11 is 0. The van der Waals surface area contributed by atoms with E-state index in [2.05, 4.69) is 5.32 Å². The summed E-state index contributed by atoms with van der Waals surface area (Å²) in [5.74, 6) is 0.777. The predicted molar refractivity (Wildman–Crippen MR) is 94.9 cm³/mol. The molecule has 1 atom stereocenters. The van der Waals surface area contributed by atoms with Crippen molar-refractivity contribution in [2.45, 2.75) is 51.6 Å². The number of rotatable bonds is 7. The lowest BCUT2D eigenvalue weighted by atomic mass is 9.87. The maximum atomic E-state index is 12.3. The number of amides is 1. The zero-order valence-electron chi connectivity index (χ0n) is 15.2. The van der Waals surface area contributed by atoms with Gasteiger partial charge in [0.1, 0.15) is 11.5 Å². The first kappa shape index (κ1) is 19.1. The van der Waals surface area contributed by atoms with E-state index in [1.54, 1.807) is 32.2 Å². The summed E-state index contributed by atoms with van der Waals surface area (Å²) < 4.78 is 15.7. The topological polar surface area (TPSA) is 73.9 Å². The SMILES string of the molecule is COc1ccc(OC)c(NC(=O)C(C)OC(=O)CC2CCCCC2)c1. The van der Waals surface area contributed by atoms with Crippen LogP contribution in [0.15, 0.2) is 18.2 Å². The molecule has 1 aliphatic rings. The van der Waals surface area contributed by atoms with E-state index in [1.165, 1.54) is 26.4 Å². The molecule has 2 rings (SSSR count). The van der Waals surface area contributed by atoms with Gasteiger partial charge in [0.25, 0.3) is 5.91 Å². The molecule has 1 fully saturated rings. The van der Waals surface area contributed by atoms with Gasteiger partial charge in [-0.2, -0.15) is 0 Å². The Morgan fingerprint density at radius 1 is 1.16 bits per heavy atom. The first-order valence-corrected chi connectivity index (χ1v) is 8.76. The van der Waals surface area contributed by atoms with E-state index in [-0.39, 0.29) is 5.97 Å². The van der Waals surface area contributed by atoms with E-state index in [1.807, 2.05) is 0 Å². The number of hydrogen-bond donors (Lipinski definition) is 1. The highest BCUT2D eigenvalue weighted by Gasteiger charge is 2.23. The number of ether oxygens (including phenoxy) is 3. The fourth-order valence-corrected chi connectivity index (χ4v) is 3.07. The Kier molecular flexibility index (Phi) is 7.10. The summed E-state index contributed by atoms with van der Waals surface area (Å²) in [7, 11) is 3.06. The molecule has 1 aromatic rings. The predicted octanol–water partition coefficient (Wildman–Crippen LogP) is 3.54. The minimum absolute atomic E-state index is 0.313. The minimum atomic E-state index is -0.869. The highest BCUT2D eigenvalue weighted by atomic mass is 16.5. The van der Waals surface area contributed by atoms with Crippen LogP contribution in [0.4, 0.5) is 5.69 Å². The Morgan fingerprint density at radius 2 is 1.88 bits per heavy atom. The minimum Gasteiger partial charge on any atom is -0.497 e. The van der Waals surface area contributed by atoms with Crippen molar-refractivity contribution in [3.8, 4) is 11.5 Å². The van der Waals surface area contributed by atoms with E-state index < -0.39 is 12.0 Å². The molecule has 0 spiro atoms. The van der Waals surface area contributed by atoms with Crippen molar-refractivity contribution in [2.75, 3.05) is 19.5 Å². The van der Waals surface area contributed by atoms with Crippen molar-refractivity contribution >= 4 is 17.6 Å². The fraction of sp³-hybridized carbons (Fsp3) is 0.579. The van der Waals surface area contributed by atoms with Gasteiger partial charge in [0.2, 0.25) is 0 Å².